The zero-order valence-electron chi connectivity index (χ0n) is 15.5. The summed E-state index contributed by atoms with van der Waals surface area (Å²) in [4.78, 5) is 19.4. The second-order valence-corrected chi connectivity index (χ2v) is 7.06. The number of carbonyl (C=O) groups is 1. The molecule has 4 rings (SSSR count). The normalized spacial score (nSPS) is 17.0. The second kappa shape index (κ2) is 7.80. The molecule has 27 heavy (non-hydrogen) atoms. The Hall–Kier alpha value is -2.22. The van der Waals surface area contributed by atoms with E-state index >= 15 is 0 Å². The van der Waals surface area contributed by atoms with Crippen molar-refractivity contribution >= 4 is 24.1 Å². The molecule has 2 aromatic rings. The summed E-state index contributed by atoms with van der Waals surface area (Å²) in [5.41, 5.74) is 5.28. The quantitative estimate of drug-likeness (QED) is 0.641. The Balaban J connectivity index is 1.50. The van der Waals surface area contributed by atoms with Crippen LogP contribution in [0, 0.1) is 6.92 Å². The average Bonchev–Trinajstić information content (AvgIpc) is 2.69. The van der Waals surface area contributed by atoms with E-state index in [-0.39, 0.29) is 12.2 Å². The average molecular weight is 366 g/mol. The van der Waals surface area contributed by atoms with Gasteiger partial charge in [0.25, 0.3) is 0 Å². The lowest BCUT2D eigenvalue weighted by Gasteiger charge is -2.29. The third kappa shape index (κ3) is 3.90. The van der Waals surface area contributed by atoms with Gasteiger partial charge in [-0.25, -0.2) is 0 Å². The number of aromatic nitrogens is 1. The zero-order valence-corrected chi connectivity index (χ0v) is 15.5. The predicted molar refractivity (Wildman–Crippen MR) is 104 cm³/mol. The third-order valence-corrected chi connectivity index (χ3v) is 5.21. The number of ketones is 1. The molecule has 2 aliphatic rings. The van der Waals surface area contributed by atoms with Crippen LogP contribution in [0.15, 0.2) is 30.5 Å². The fourth-order valence-corrected chi connectivity index (χ4v) is 3.69. The van der Waals surface area contributed by atoms with E-state index < -0.39 is 7.12 Å². The number of anilines is 1. The number of rotatable bonds is 4. The Morgan fingerprint density at radius 3 is 2.85 bits per heavy atom. The third-order valence-electron chi connectivity index (χ3n) is 5.21. The van der Waals surface area contributed by atoms with E-state index in [9.17, 15) is 9.82 Å². The molecule has 0 atom stereocenters. The molecule has 0 unspecified atom stereocenters. The number of morpholine rings is 1. The highest BCUT2D eigenvalue weighted by atomic mass is 16.5. The molecule has 0 radical (unpaired) electrons. The van der Waals surface area contributed by atoms with E-state index in [1.54, 1.807) is 6.20 Å². The summed E-state index contributed by atoms with van der Waals surface area (Å²) in [6.07, 6.45) is 2.83. The molecular formula is C20H23BN2O4. The van der Waals surface area contributed by atoms with E-state index in [4.69, 9.17) is 9.39 Å². The standard InChI is InChI=1S/C20H23BN2O4/c1-14-10-18(22-13-19(14)23-5-8-26-9-6-23)20(24)12-15-2-3-16-4-7-27-21(25)17(16)11-15/h2-3,10-11,13,25H,4-9,12H2,1H3. The summed E-state index contributed by atoms with van der Waals surface area (Å²) in [7, 11) is -0.906. The van der Waals surface area contributed by atoms with Crippen molar-refractivity contribution in [1.82, 2.24) is 4.98 Å². The van der Waals surface area contributed by atoms with Crippen LogP contribution in [0.4, 0.5) is 5.69 Å². The van der Waals surface area contributed by atoms with Gasteiger partial charge in [0.15, 0.2) is 5.78 Å². The first-order chi connectivity index (χ1) is 13.1. The number of benzene rings is 1. The van der Waals surface area contributed by atoms with Crippen LogP contribution in [-0.2, 0) is 22.2 Å². The molecule has 0 spiro atoms. The van der Waals surface area contributed by atoms with Gasteiger partial charge in [0.05, 0.1) is 25.1 Å². The van der Waals surface area contributed by atoms with Gasteiger partial charge in [0.1, 0.15) is 5.69 Å². The Morgan fingerprint density at radius 2 is 2.07 bits per heavy atom. The van der Waals surface area contributed by atoms with Crippen LogP contribution in [0.1, 0.15) is 27.2 Å². The van der Waals surface area contributed by atoms with Gasteiger partial charge in [0.2, 0.25) is 0 Å². The minimum atomic E-state index is -0.906. The Morgan fingerprint density at radius 1 is 1.26 bits per heavy atom. The van der Waals surface area contributed by atoms with Crippen molar-refractivity contribution in [2.75, 3.05) is 37.8 Å². The summed E-state index contributed by atoms with van der Waals surface area (Å²) in [5.74, 6) is -0.0298. The van der Waals surface area contributed by atoms with Gasteiger partial charge in [-0.2, -0.15) is 0 Å². The van der Waals surface area contributed by atoms with Gasteiger partial charge in [-0.05, 0) is 41.6 Å². The lowest BCUT2D eigenvalue weighted by atomic mass is 9.73. The molecule has 3 heterocycles. The molecule has 2 aliphatic heterocycles. The van der Waals surface area contributed by atoms with Crippen LogP contribution >= 0.6 is 0 Å². The number of fused-ring (bicyclic) bond motifs is 1. The van der Waals surface area contributed by atoms with Gasteiger partial charge < -0.3 is 19.3 Å². The maximum atomic E-state index is 12.7. The van der Waals surface area contributed by atoms with Gasteiger partial charge >= 0.3 is 7.12 Å². The van der Waals surface area contributed by atoms with Gasteiger partial charge in [-0.1, -0.05) is 18.2 Å². The summed E-state index contributed by atoms with van der Waals surface area (Å²) in [5, 5.41) is 9.99. The van der Waals surface area contributed by atoms with Gasteiger partial charge in [-0.15, -0.1) is 0 Å². The lowest BCUT2D eigenvalue weighted by molar-refractivity contribution is 0.0988. The van der Waals surface area contributed by atoms with Crippen molar-refractivity contribution in [2.24, 2.45) is 0 Å². The highest BCUT2D eigenvalue weighted by Gasteiger charge is 2.25. The number of Topliss-reactive ketones (excluding diaryl/α,β-unsaturated/α-hetero) is 1. The summed E-state index contributed by atoms with van der Waals surface area (Å²) in [6.45, 7) is 5.65. The fourth-order valence-electron chi connectivity index (χ4n) is 3.69. The molecule has 6 nitrogen and oxygen atoms in total. The molecule has 1 aromatic carbocycles. The van der Waals surface area contributed by atoms with Crippen molar-refractivity contribution in [3.05, 3.63) is 52.8 Å². The minimum Gasteiger partial charge on any atom is -0.423 e. The molecule has 0 amide bonds. The van der Waals surface area contributed by atoms with Crippen molar-refractivity contribution in [1.29, 1.82) is 0 Å². The smallest absolute Gasteiger partial charge is 0.423 e. The second-order valence-electron chi connectivity index (χ2n) is 7.06. The van der Waals surface area contributed by atoms with E-state index in [1.165, 1.54) is 0 Å². The highest BCUT2D eigenvalue weighted by molar-refractivity contribution is 6.60. The summed E-state index contributed by atoms with van der Waals surface area (Å²) >= 11 is 0. The van der Waals surface area contributed by atoms with E-state index in [2.05, 4.69) is 9.88 Å². The fraction of sp³-hybridized carbons (Fsp3) is 0.400. The van der Waals surface area contributed by atoms with Crippen LogP contribution < -0.4 is 10.4 Å². The topological polar surface area (TPSA) is 71.9 Å². The Labute approximate surface area is 159 Å². The molecule has 7 heteroatoms. The van der Waals surface area contributed by atoms with Crippen LogP contribution in [0.25, 0.3) is 0 Å². The predicted octanol–water partition coefficient (Wildman–Crippen LogP) is 0.912. The Kier molecular flexibility index (Phi) is 5.25. The van der Waals surface area contributed by atoms with E-state index in [1.807, 2.05) is 31.2 Å². The summed E-state index contributed by atoms with van der Waals surface area (Å²) in [6, 6.07) is 7.66. The van der Waals surface area contributed by atoms with Crippen molar-refractivity contribution in [3.63, 3.8) is 0 Å². The maximum Gasteiger partial charge on any atom is 0.491 e. The van der Waals surface area contributed by atoms with Crippen LogP contribution in [-0.4, -0.2) is 55.8 Å². The van der Waals surface area contributed by atoms with Gasteiger partial charge in [0, 0.05) is 26.1 Å². The lowest BCUT2D eigenvalue weighted by Crippen LogP contribution is -2.41. The first kappa shape index (κ1) is 18.2. The minimum absolute atomic E-state index is 0.0298. The first-order valence-electron chi connectivity index (χ1n) is 9.36. The number of carbonyl (C=O) groups excluding carboxylic acids is 1. The van der Waals surface area contributed by atoms with Crippen LogP contribution in [0.2, 0.25) is 0 Å². The van der Waals surface area contributed by atoms with Crippen molar-refractivity contribution in [2.45, 2.75) is 19.8 Å². The molecule has 1 aromatic heterocycles. The van der Waals surface area contributed by atoms with Gasteiger partial charge in [-0.3, -0.25) is 9.78 Å². The number of hydrogen-bond acceptors (Lipinski definition) is 6. The van der Waals surface area contributed by atoms with Crippen LogP contribution in [0.5, 0.6) is 0 Å². The molecule has 1 saturated heterocycles. The van der Waals surface area contributed by atoms with Crippen molar-refractivity contribution in [3.8, 4) is 0 Å². The molecular weight excluding hydrogens is 343 g/mol. The van der Waals surface area contributed by atoms with Crippen molar-refractivity contribution < 1.29 is 19.2 Å². The highest BCUT2D eigenvalue weighted by Crippen LogP contribution is 2.21. The Bertz CT molecular complexity index is 852. The van der Waals surface area contributed by atoms with E-state index in [0.29, 0.717) is 25.5 Å². The van der Waals surface area contributed by atoms with E-state index in [0.717, 1.165) is 47.4 Å². The number of ether oxygens (including phenoxy) is 1. The molecule has 0 aliphatic carbocycles. The molecule has 0 bridgehead atoms. The molecule has 0 saturated carbocycles. The number of hydrogen-bond donors (Lipinski definition) is 1. The van der Waals surface area contributed by atoms with Crippen LogP contribution in [0.3, 0.4) is 0 Å². The number of nitrogens with zero attached hydrogens (tertiary/aromatic N) is 2. The number of aryl methyl sites for hydroxylation is 1. The first-order valence-corrected chi connectivity index (χ1v) is 9.36. The molecule has 1 fully saturated rings. The SMILES string of the molecule is Cc1cc(C(=O)Cc2ccc3c(c2)B(O)OCC3)ncc1N1CCOCC1. The monoisotopic (exact) mass is 366 g/mol. The maximum absolute atomic E-state index is 12.7. The number of pyridine rings is 1. The zero-order chi connectivity index (χ0) is 18.8. The molecule has 1 N–H and O–H groups in total. The summed E-state index contributed by atoms with van der Waals surface area (Å²) < 4.78 is 10.7. The molecule has 140 valence electrons. The largest absolute Gasteiger partial charge is 0.491 e.